The van der Waals surface area contributed by atoms with Gasteiger partial charge < -0.3 is 5.11 Å². The molecule has 1 atom stereocenters. The van der Waals surface area contributed by atoms with Crippen LogP contribution in [0.15, 0.2) is 24.3 Å². The Morgan fingerprint density at radius 2 is 1.83 bits per heavy atom. The molecular weight excluding hydrogens is 259 g/mol. The number of nitrogens with zero attached hydrogens (tertiary/aromatic N) is 1. The molecular formula is C11H17FN2O3S. The molecule has 0 spiro atoms. The molecule has 0 amide bonds. The molecule has 0 aliphatic carbocycles. The van der Waals surface area contributed by atoms with Crippen molar-refractivity contribution < 1.29 is 17.9 Å². The molecule has 0 heterocycles. The van der Waals surface area contributed by atoms with Gasteiger partial charge in [-0.15, -0.1) is 0 Å². The molecule has 1 rings (SSSR count). The summed E-state index contributed by atoms with van der Waals surface area (Å²) in [4.78, 5) is 0. The van der Waals surface area contributed by atoms with Gasteiger partial charge in [0, 0.05) is 20.6 Å². The van der Waals surface area contributed by atoms with E-state index in [0.29, 0.717) is 5.56 Å². The molecule has 18 heavy (non-hydrogen) atoms. The quantitative estimate of drug-likeness (QED) is 0.819. The fourth-order valence-electron chi connectivity index (χ4n) is 1.27. The van der Waals surface area contributed by atoms with Gasteiger partial charge in [-0.05, 0) is 24.6 Å². The first-order valence-electron chi connectivity index (χ1n) is 5.31. The number of hydrogen-bond acceptors (Lipinski definition) is 3. The van der Waals surface area contributed by atoms with Gasteiger partial charge >= 0.3 is 0 Å². The molecule has 7 heteroatoms. The van der Waals surface area contributed by atoms with E-state index in [0.717, 1.165) is 4.31 Å². The number of nitrogens with one attached hydrogen (secondary N) is 1. The monoisotopic (exact) mass is 276 g/mol. The van der Waals surface area contributed by atoms with Gasteiger partial charge in [-0.25, -0.2) is 4.39 Å². The zero-order chi connectivity index (χ0) is 14.0. The summed E-state index contributed by atoms with van der Waals surface area (Å²) in [5.74, 6) is -0.413. The van der Waals surface area contributed by atoms with Gasteiger partial charge in [0.25, 0.3) is 10.2 Å². The van der Waals surface area contributed by atoms with Gasteiger partial charge in [-0.3, -0.25) is 0 Å². The standard InChI is InChI=1S/C11H17FN2O3S/c1-11(15,8-13-18(16,17)14(2)3)9-4-6-10(12)7-5-9/h4-7,13,15H,8H2,1-3H3. The third-order valence-electron chi connectivity index (χ3n) is 2.55. The lowest BCUT2D eigenvalue weighted by Crippen LogP contribution is -2.43. The van der Waals surface area contributed by atoms with E-state index >= 15 is 0 Å². The van der Waals surface area contributed by atoms with Crippen molar-refractivity contribution in [2.24, 2.45) is 0 Å². The van der Waals surface area contributed by atoms with Crippen LogP contribution >= 0.6 is 0 Å². The second-order valence-corrected chi connectivity index (χ2v) is 6.36. The molecule has 0 aromatic heterocycles. The summed E-state index contributed by atoms with van der Waals surface area (Å²) in [5.41, 5.74) is -0.970. The van der Waals surface area contributed by atoms with Crippen molar-refractivity contribution in [1.29, 1.82) is 0 Å². The zero-order valence-corrected chi connectivity index (χ0v) is 11.3. The molecule has 1 unspecified atom stereocenters. The third kappa shape index (κ3) is 3.74. The lowest BCUT2D eigenvalue weighted by molar-refractivity contribution is 0.0623. The molecule has 0 saturated heterocycles. The lowest BCUT2D eigenvalue weighted by Gasteiger charge is -2.25. The third-order valence-corrected chi connectivity index (χ3v) is 4.02. The Hall–Kier alpha value is -1.02. The molecule has 0 aliphatic rings. The normalized spacial score (nSPS) is 15.7. The van der Waals surface area contributed by atoms with E-state index in [9.17, 15) is 17.9 Å². The Labute approximate surface area is 106 Å². The highest BCUT2D eigenvalue weighted by molar-refractivity contribution is 7.87. The van der Waals surface area contributed by atoms with Gasteiger partial charge in [0.1, 0.15) is 11.4 Å². The molecule has 0 fully saturated rings. The topological polar surface area (TPSA) is 69.6 Å². The van der Waals surface area contributed by atoms with E-state index in [4.69, 9.17) is 0 Å². The minimum Gasteiger partial charge on any atom is -0.384 e. The molecule has 0 bridgehead atoms. The number of rotatable bonds is 5. The predicted octanol–water partition coefficient (Wildman–Crippen LogP) is 0.429. The Balaban J connectivity index is 2.80. The molecule has 0 radical (unpaired) electrons. The van der Waals surface area contributed by atoms with Crippen molar-refractivity contribution in [1.82, 2.24) is 9.03 Å². The Kier molecular flexibility index (Phi) is 4.44. The van der Waals surface area contributed by atoms with Gasteiger partial charge in [-0.2, -0.15) is 17.4 Å². The van der Waals surface area contributed by atoms with E-state index in [1.165, 1.54) is 45.3 Å². The summed E-state index contributed by atoms with van der Waals surface area (Å²) in [7, 11) is -0.831. The first kappa shape index (κ1) is 15.0. The molecule has 2 N–H and O–H groups in total. The minimum atomic E-state index is -3.60. The first-order chi connectivity index (χ1) is 8.15. The molecule has 5 nitrogen and oxygen atoms in total. The fraction of sp³-hybridized carbons (Fsp3) is 0.455. The van der Waals surface area contributed by atoms with E-state index in [-0.39, 0.29) is 6.54 Å². The predicted molar refractivity (Wildman–Crippen MR) is 66.6 cm³/mol. The zero-order valence-electron chi connectivity index (χ0n) is 10.5. The van der Waals surface area contributed by atoms with E-state index in [2.05, 4.69) is 4.72 Å². The van der Waals surface area contributed by atoms with Crippen LogP contribution < -0.4 is 4.72 Å². The minimum absolute atomic E-state index is 0.195. The number of hydrogen-bond donors (Lipinski definition) is 2. The molecule has 0 saturated carbocycles. The number of aliphatic hydroxyl groups is 1. The van der Waals surface area contributed by atoms with E-state index < -0.39 is 21.6 Å². The van der Waals surface area contributed by atoms with Gasteiger partial charge in [-0.1, -0.05) is 12.1 Å². The van der Waals surface area contributed by atoms with Crippen LogP contribution in [0.2, 0.25) is 0 Å². The summed E-state index contributed by atoms with van der Waals surface area (Å²) < 4.78 is 39.0. The second-order valence-electron chi connectivity index (χ2n) is 4.39. The van der Waals surface area contributed by atoms with Crippen LogP contribution in [0.5, 0.6) is 0 Å². The fourth-order valence-corrected chi connectivity index (χ4v) is 1.99. The van der Waals surface area contributed by atoms with E-state index in [1.807, 2.05) is 0 Å². The average Bonchev–Trinajstić information content (AvgIpc) is 2.27. The second kappa shape index (κ2) is 5.31. The number of benzene rings is 1. The maximum atomic E-state index is 12.8. The summed E-state index contributed by atoms with van der Waals surface area (Å²) in [6.45, 7) is 1.26. The van der Waals surface area contributed by atoms with Crippen molar-refractivity contribution in [3.05, 3.63) is 35.6 Å². The van der Waals surface area contributed by atoms with Crippen LogP contribution in [0.1, 0.15) is 12.5 Å². The maximum absolute atomic E-state index is 12.8. The molecule has 1 aromatic carbocycles. The van der Waals surface area contributed by atoms with Crippen molar-refractivity contribution in [3.63, 3.8) is 0 Å². The van der Waals surface area contributed by atoms with Crippen LogP contribution in [-0.4, -0.2) is 38.5 Å². The summed E-state index contributed by atoms with van der Waals surface area (Å²) in [5, 5.41) is 10.2. The van der Waals surface area contributed by atoms with Gasteiger partial charge in [0.05, 0.1) is 0 Å². The highest BCUT2D eigenvalue weighted by atomic mass is 32.2. The highest BCUT2D eigenvalue weighted by Crippen LogP contribution is 2.20. The Morgan fingerprint density at radius 3 is 2.28 bits per heavy atom. The van der Waals surface area contributed by atoms with Crippen molar-refractivity contribution in [2.45, 2.75) is 12.5 Å². The van der Waals surface area contributed by atoms with Gasteiger partial charge in [0.15, 0.2) is 0 Å². The van der Waals surface area contributed by atoms with Crippen LogP contribution in [0, 0.1) is 5.82 Å². The van der Waals surface area contributed by atoms with Crippen LogP contribution in [0.3, 0.4) is 0 Å². The maximum Gasteiger partial charge on any atom is 0.279 e. The van der Waals surface area contributed by atoms with Crippen LogP contribution in [0.4, 0.5) is 4.39 Å². The first-order valence-corrected chi connectivity index (χ1v) is 6.75. The summed E-state index contributed by atoms with van der Waals surface area (Å²) in [6, 6.07) is 5.26. The SMILES string of the molecule is CN(C)S(=O)(=O)NCC(C)(O)c1ccc(F)cc1. The van der Waals surface area contributed by atoms with Crippen molar-refractivity contribution in [2.75, 3.05) is 20.6 Å². The van der Waals surface area contributed by atoms with Crippen LogP contribution in [-0.2, 0) is 15.8 Å². The van der Waals surface area contributed by atoms with Crippen LogP contribution in [0.25, 0.3) is 0 Å². The summed E-state index contributed by atoms with van der Waals surface area (Å²) >= 11 is 0. The van der Waals surface area contributed by atoms with Crippen molar-refractivity contribution in [3.8, 4) is 0 Å². The average molecular weight is 276 g/mol. The van der Waals surface area contributed by atoms with Gasteiger partial charge in [0.2, 0.25) is 0 Å². The van der Waals surface area contributed by atoms with E-state index in [1.54, 1.807) is 0 Å². The van der Waals surface area contributed by atoms with Crippen molar-refractivity contribution >= 4 is 10.2 Å². The smallest absolute Gasteiger partial charge is 0.279 e. The highest BCUT2D eigenvalue weighted by Gasteiger charge is 2.26. The molecule has 102 valence electrons. The lowest BCUT2D eigenvalue weighted by atomic mass is 9.96. The summed E-state index contributed by atoms with van der Waals surface area (Å²) in [6.07, 6.45) is 0. The molecule has 0 aliphatic heterocycles. The Morgan fingerprint density at radius 1 is 1.33 bits per heavy atom. The Bertz CT molecular complexity index is 498. The largest absolute Gasteiger partial charge is 0.384 e. The molecule has 1 aromatic rings. The number of halogens is 1.